The van der Waals surface area contributed by atoms with Crippen molar-refractivity contribution in [1.82, 2.24) is 14.9 Å². The lowest BCUT2D eigenvalue weighted by Gasteiger charge is -2.14. The van der Waals surface area contributed by atoms with Gasteiger partial charge in [0.05, 0.1) is 4.90 Å². The topological polar surface area (TPSA) is 61.4 Å². The molecule has 0 radical (unpaired) electrons. The van der Waals surface area contributed by atoms with E-state index in [2.05, 4.69) is 14.9 Å². The number of hydrogen-bond acceptors (Lipinski definition) is 4. The predicted octanol–water partition coefficient (Wildman–Crippen LogP) is 1.17. The third kappa shape index (κ3) is 5.07. The largest absolute Gasteiger partial charge is 0.316 e. The fraction of sp³-hybridized carbons (Fsp3) is 0.600. The first-order valence-corrected chi connectivity index (χ1v) is 9.06. The van der Waals surface area contributed by atoms with Crippen molar-refractivity contribution < 1.29 is 8.42 Å². The molecular weight excluding hydrogens is 286 g/mol. The fourth-order valence-electron chi connectivity index (χ4n) is 2.59. The Bertz CT molecular complexity index is 522. The van der Waals surface area contributed by atoms with Gasteiger partial charge in [-0.15, -0.1) is 0 Å². The van der Waals surface area contributed by atoms with E-state index in [1.54, 1.807) is 12.1 Å². The van der Waals surface area contributed by atoms with Crippen LogP contribution in [0.25, 0.3) is 0 Å². The predicted molar refractivity (Wildman–Crippen MR) is 84.7 cm³/mol. The second-order valence-electron chi connectivity index (χ2n) is 5.47. The minimum absolute atomic E-state index is 0.337. The Labute approximate surface area is 127 Å². The normalized spacial score (nSPS) is 16.4. The van der Waals surface area contributed by atoms with Crippen LogP contribution in [0.4, 0.5) is 0 Å². The van der Waals surface area contributed by atoms with Crippen LogP contribution in [-0.2, 0) is 16.6 Å². The molecule has 0 spiro atoms. The molecule has 0 unspecified atom stereocenters. The van der Waals surface area contributed by atoms with Crippen LogP contribution in [0, 0.1) is 0 Å². The molecule has 1 aromatic rings. The van der Waals surface area contributed by atoms with E-state index < -0.39 is 10.0 Å². The minimum Gasteiger partial charge on any atom is -0.316 e. The summed E-state index contributed by atoms with van der Waals surface area (Å²) in [5.41, 5.74) is 1.07. The van der Waals surface area contributed by atoms with Crippen molar-refractivity contribution in [3.05, 3.63) is 29.8 Å². The highest BCUT2D eigenvalue weighted by Crippen LogP contribution is 2.11. The summed E-state index contributed by atoms with van der Waals surface area (Å²) in [7, 11) is -1.51. The van der Waals surface area contributed by atoms with E-state index in [-0.39, 0.29) is 0 Å². The monoisotopic (exact) mass is 311 g/mol. The Morgan fingerprint density at radius 2 is 1.81 bits per heavy atom. The highest BCUT2D eigenvalue weighted by Gasteiger charge is 2.14. The number of sulfonamides is 1. The van der Waals surface area contributed by atoms with Crippen LogP contribution in [0.2, 0.25) is 0 Å². The minimum atomic E-state index is -3.38. The number of likely N-dealkylation sites (tertiary alicyclic amines) is 1. The van der Waals surface area contributed by atoms with E-state index in [0.29, 0.717) is 11.4 Å². The summed E-state index contributed by atoms with van der Waals surface area (Å²) in [6.45, 7) is 4.52. The Hall–Kier alpha value is -0.950. The van der Waals surface area contributed by atoms with Crippen molar-refractivity contribution in [3.63, 3.8) is 0 Å². The third-order valence-electron chi connectivity index (χ3n) is 3.76. The zero-order valence-corrected chi connectivity index (χ0v) is 13.5. The fourth-order valence-corrected chi connectivity index (χ4v) is 3.66. The maximum absolute atomic E-state index is 12.2. The molecule has 1 saturated heterocycles. The lowest BCUT2D eigenvalue weighted by Crippen LogP contribution is -2.28. The standard InChI is InChI=1S/C15H25N3O2S/c1-16-13-14-5-7-15(8-6-14)21(19,20)17-9-4-12-18-10-2-3-11-18/h5-8,16-17H,2-4,9-13H2,1H3. The second kappa shape index (κ2) is 7.89. The van der Waals surface area contributed by atoms with E-state index in [0.717, 1.165) is 38.2 Å². The Morgan fingerprint density at radius 1 is 1.14 bits per heavy atom. The molecule has 0 amide bonds. The third-order valence-corrected chi connectivity index (χ3v) is 5.23. The number of nitrogens with zero attached hydrogens (tertiary/aromatic N) is 1. The summed E-state index contributed by atoms with van der Waals surface area (Å²) < 4.78 is 27.0. The van der Waals surface area contributed by atoms with Gasteiger partial charge in [0.15, 0.2) is 0 Å². The number of nitrogens with one attached hydrogen (secondary N) is 2. The number of benzene rings is 1. The summed E-state index contributed by atoms with van der Waals surface area (Å²) in [5, 5.41) is 3.04. The zero-order chi connectivity index (χ0) is 15.1. The molecule has 6 heteroatoms. The maximum atomic E-state index is 12.2. The summed E-state index contributed by atoms with van der Waals surface area (Å²) in [6.07, 6.45) is 3.40. The van der Waals surface area contributed by atoms with Crippen LogP contribution in [0.3, 0.4) is 0 Å². The van der Waals surface area contributed by atoms with Gasteiger partial charge in [0.1, 0.15) is 0 Å². The first-order chi connectivity index (χ1) is 10.1. The maximum Gasteiger partial charge on any atom is 0.240 e. The Balaban J connectivity index is 1.80. The Kier molecular flexibility index (Phi) is 6.17. The quantitative estimate of drug-likeness (QED) is 0.708. The van der Waals surface area contributed by atoms with Gasteiger partial charge in [0, 0.05) is 13.1 Å². The van der Waals surface area contributed by atoms with Gasteiger partial charge in [-0.05, 0) is 63.6 Å². The highest BCUT2D eigenvalue weighted by molar-refractivity contribution is 7.89. The Morgan fingerprint density at radius 3 is 2.43 bits per heavy atom. The molecule has 1 fully saturated rings. The molecule has 1 aromatic carbocycles. The van der Waals surface area contributed by atoms with Crippen molar-refractivity contribution in [2.45, 2.75) is 30.7 Å². The molecule has 1 heterocycles. The summed E-state index contributed by atoms with van der Waals surface area (Å²) in [5.74, 6) is 0. The molecule has 118 valence electrons. The number of hydrogen-bond donors (Lipinski definition) is 2. The van der Waals surface area contributed by atoms with Gasteiger partial charge in [-0.3, -0.25) is 0 Å². The van der Waals surface area contributed by atoms with Gasteiger partial charge < -0.3 is 10.2 Å². The van der Waals surface area contributed by atoms with Crippen LogP contribution < -0.4 is 10.0 Å². The van der Waals surface area contributed by atoms with Crippen molar-refractivity contribution in [2.24, 2.45) is 0 Å². The van der Waals surface area contributed by atoms with Gasteiger partial charge >= 0.3 is 0 Å². The lowest BCUT2D eigenvalue weighted by atomic mass is 10.2. The molecule has 0 aromatic heterocycles. The van der Waals surface area contributed by atoms with E-state index in [1.807, 2.05) is 19.2 Å². The van der Waals surface area contributed by atoms with Crippen LogP contribution in [0.1, 0.15) is 24.8 Å². The van der Waals surface area contributed by atoms with Crippen molar-refractivity contribution >= 4 is 10.0 Å². The van der Waals surface area contributed by atoms with Crippen molar-refractivity contribution in [1.29, 1.82) is 0 Å². The van der Waals surface area contributed by atoms with Crippen LogP contribution >= 0.6 is 0 Å². The molecular formula is C15H25N3O2S. The lowest BCUT2D eigenvalue weighted by molar-refractivity contribution is 0.334. The SMILES string of the molecule is CNCc1ccc(S(=O)(=O)NCCCN2CCCC2)cc1. The first-order valence-electron chi connectivity index (χ1n) is 7.57. The average molecular weight is 311 g/mol. The van der Waals surface area contributed by atoms with E-state index in [9.17, 15) is 8.42 Å². The van der Waals surface area contributed by atoms with Gasteiger partial charge in [-0.1, -0.05) is 12.1 Å². The molecule has 2 N–H and O–H groups in total. The number of rotatable bonds is 8. The molecule has 5 nitrogen and oxygen atoms in total. The molecule has 0 aliphatic carbocycles. The average Bonchev–Trinajstić information content (AvgIpc) is 2.98. The smallest absolute Gasteiger partial charge is 0.240 e. The highest BCUT2D eigenvalue weighted by atomic mass is 32.2. The van der Waals surface area contributed by atoms with Crippen LogP contribution in [0.15, 0.2) is 29.2 Å². The molecule has 0 bridgehead atoms. The van der Waals surface area contributed by atoms with Gasteiger partial charge in [0.25, 0.3) is 0 Å². The van der Waals surface area contributed by atoms with E-state index >= 15 is 0 Å². The summed E-state index contributed by atoms with van der Waals surface area (Å²) in [6, 6.07) is 7.01. The van der Waals surface area contributed by atoms with Crippen LogP contribution in [-0.4, -0.2) is 46.5 Å². The van der Waals surface area contributed by atoms with Gasteiger partial charge in [-0.2, -0.15) is 0 Å². The summed E-state index contributed by atoms with van der Waals surface area (Å²) in [4.78, 5) is 2.73. The first kappa shape index (κ1) is 16.4. The van der Waals surface area contributed by atoms with Gasteiger partial charge in [0.2, 0.25) is 10.0 Å². The van der Waals surface area contributed by atoms with Gasteiger partial charge in [-0.25, -0.2) is 13.1 Å². The van der Waals surface area contributed by atoms with Crippen molar-refractivity contribution in [2.75, 3.05) is 33.2 Å². The van der Waals surface area contributed by atoms with Crippen LogP contribution in [0.5, 0.6) is 0 Å². The molecule has 2 rings (SSSR count). The van der Waals surface area contributed by atoms with Crippen molar-refractivity contribution in [3.8, 4) is 0 Å². The second-order valence-corrected chi connectivity index (χ2v) is 7.24. The molecule has 1 aliphatic heterocycles. The molecule has 21 heavy (non-hydrogen) atoms. The molecule has 1 aliphatic rings. The van der Waals surface area contributed by atoms with E-state index in [1.165, 1.54) is 12.8 Å². The molecule has 0 saturated carbocycles. The zero-order valence-electron chi connectivity index (χ0n) is 12.6. The molecule has 0 atom stereocenters. The summed E-state index contributed by atoms with van der Waals surface area (Å²) >= 11 is 0. The van der Waals surface area contributed by atoms with E-state index in [4.69, 9.17) is 0 Å².